The van der Waals surface area contributed by atoms with Crippen molar-refractivity contribution in [2.75, 3.05) is 0 Å². The molecule has 4 rings (SSSR count). The van der Waals surface area contributed by atoms with Gasteiger partial charge in [-0.25, -0.2) is 0 Å². The number of benzene rings is 3. The normalized spacial score (nSPS) is 11.6. The van der Waals surface area contributed by atoms with Gasteiger partial charge in [-0.05, 0) is 65.3 Å². The Balaban J connectivity index is 1.79. The van der Waals surface area contributed by atoms with E-state index in [0.29, 0.717) is 29.1 Å². The number of hydrogen-bond donors (Lipinski definition) is 1. The minimum atomic E-state index is -0.0519. The van der Waals surface area contributed by atoms with Crippen molar-refractivity contribution < 1.29 is 14.3 Å². The van der Waals surface area contributed by atoms with Crippen molar-refractivity contribution in [1.29, 1.82) is 0 Å². The zero-order valence-electron chi connectivity index (χ0n) is 20.3. The number of aromatic hydroxyl groups is 1. The number of phenols is 1. The molecule has 0 aliphatic heterocycles. The van der Waals surface area contributed by atoms with E-state index in [2.05, 4.69) is 30.3 Å². The first-order valence-electron chi connectivity index (χ1n) is 11.6. The maximum Gasteiger partial charge on any atom is 0.196 e. The van der Waals surface area contributed by atoms with Crippen LogP contribution in [-0.4, -0.2) is 10.9 Å². The molecule has 0 saturated carbocycles. The molecule has 1 N–H and O–H groups in total. The summed E-state index contributed by atoms with van der Waals surface area (Å²) >= 11 is 0. The number of rotatable bonds is 6. The summed E-state index contributed by atoms with van der Waals surface area (Å²) in [7, 11) is 0. The predicted octanol–water partition coefficient (Wildman–Crippen LogP) is 7.82. The molecular weight excluding hydrogens is 408 g/mol. The molecular formula is C30H32O3. The van der Waals surface area contributed by atoms with Gasteiger partial charge in [0.1, 0.15) is 17.3 Å². The highest BCUT2D eigenvalue weighted by Gasteiger charge is 2.25. The smallest absolute Gasteiger partial charge is 0.196 e. The van der Waals surface area contributed by atoms with Gasteiger partial charge in [0.15, 0.2) is 5.78 Å². The minimum absolute atomic E-state index is 0.0519. The van der Waals surface area contributed by atoms with Crippen LogP contribution in [0.4, 0.5) is 0 Å². The van der Waals surface area contributed by atoms with E-state index in [1.165, 1.54) is 10.8 Å². The second kappa shape index (κ2) is 8.90. The van der Waals surface area contributed by atoms with Gasteiger partial charge in [0.05, 0.1) is 5.56 Å². The van der Waals surface area contributed by atoms with E-state index in [1.54, 1.807) is 0 Å². The van der Waals surface area contributed by atoms with Crippen LogP contribution in [0.25, 0.3) is 10.8 Å². The maximum absolute atomic E-state index is 13.8. The van der Waals surface area contributed by atoms with Crippen LogP contribution in [0.5, 0.6) is 5.75 Å². The molecule has 0 bridgehead atoms. The van der Waals surface area contributed by atoms with Crippen molar-refractivity contribution >= 4 is 16.6 Å². The average Bonchev–Trinajstić information content (AvgIpc) is 3.05. The highest BCUT2D eigenvalue weighted by atomic mass is 16.3. The first-order valence-corrected chi connectivity index (χ1v) is 11.6. The molecule has 1 heterocycles. The van der Waals surface area contributed by atoms with E-state index >= 15 is 0 Å². The molecule has 33 heavy (non-hydrogen) atoms. The lowest BCUT2D eigenvalue weighted by molar-refractivity contribution is 0.103. The number of furan rings is 1. The number of carbonyl (C=O) groups is 1. The van der Waals surface area contributed by atoms with E-state index < -0.39 is 0 Å². The summed E-state index contributed by atoms with van der Waals surface area (Å²) in [4.78, 5) is 13.8. The summed E-state index contributed by atoms with van der Waals surface area (Å²) in [5, 5.41) is 13.1. The van der Waals surface area contributed by atoms with Crippen molar-refractivity contribution in [3.05, 3.63) is 99.5 Å². The Morgan fingerprint density at radius 1 is 0.879 bits per heavy atom. The lowest BCUT2D eigenvalue weighted by Gasteiger charge is -2.17. The Bertz CT molecular complexity index is 1310. The zero-order chi connectivity index (χ0) is 23.9. The van der Waals surface area contributed by atoms with E-state index in [4.69, 9.17) is 4.42 Å². The lowest BCUT2D eigenvalue weighted by Crippen LogP contribution is -2.08. The van der Waals surface area contributed by atoms with Gasteiger partial charge in [-0.1, -0.05) is 70.2 Å². The van der Waals surface area contributed by atoms with Crippen LogP contribution in [0.3, 0.4) is 0 Å². The quantitative estimate of drug-likeness (QED) is 0.311. The van der Waals surface area contributed by atoms with Crippen molar-refractivity contribution in [3.63, 3.8) is 0 Å². The zero-order valence-corrected chi connectivity index (χ0v) is 20.3. The van der Waals surface area contributed by atoms with Crippen LogP contribution in [0, 0.1) is 13.8 Å². The Morgan fingerprint density at radius 3 is 2.09 bits per heavy atom. The Morgan fingerprint density at radius 2 is 1.48 bits per heavy atom. The van der Waals surface area contributed by atoms with E-state index in [-0.39, 0.29) is 17.6 Å². The summed E-state index contributed by atoms with van der Waals surface area (Å²) in [6.07, 6.45) is 0.548. The first-order chi connectivity index (χ1) is 15.7. The molecule has 0 saturated heterocycles. The summed E-state index contributed by atoms with van der Waals surface area (Å²) in [6, 6.07) is 18.3. The Labute approximate surface area is 196 Å². The van der Waals surface area contributed by atoms with E-state index in [0.717, 1.165) is 28.0 Å². The molecule has 0 amide bonds. The highest BCUT2D eigenvalue weighted by molar-refractivity contribution is 6.11. The van der Waals surface area contributed by atoms with Gasteiger partial charge in [-0.2, -0.15) is 0 Å². The fourth-order valence-electron chi connectivity index (χ4n) is 4.49. The molecule has 0 fully saturated rings. The molecule has 1 aromatic heterocycles. The molecule has 3 nitrogen and oxygen atoms in total. The number of ketones is 1. The van der Waals surface area contributed by atoms with Crippen LogP contribution >= 0.6 is 0 Å². The molecule has 0 radical (unpaired) electrons. The first kappa shape index (κ1) is 22.8. The molecule has 4 aromatic rings. The van der Waals surface area contributed by atoms with Crippen molar-refractivity contribution in [1.82, 2.24) is 0 Å². The SMILES string of the molecule is Cc1oc(Cc2ccc3ccccc3c2)c(C(=O)c2cc(C(C)C)c(O)c(C(C)C)c2)c1C. The summed E-state index contributed by atoms with van der Waals surface area (Å²) in [6.45, 7) is 12.0. The third-order valence-corrected chi connectivity index (χ3v) is 6.54. The fourth-order valence-corrected chi connectivity index (χ4v) is 4.49. The fraction of sp³-hybridized carbons (Fsp3) is 0.300. The number of carbonyl (C=O) groups excluding carboxylic acids is 1. The topological polar surface area (TPSA) is 50.4 Å². The standard InChI is InChI=1S/C30H32O3/c1-17(2)25-15-24(16-26(18(3)4)30(25)32)29(31)28-19(5)20(6)33-27(28)14-21-11-12-22-9-7-8-10-23(22)13-21/h7-13,15-18,32H,14H2,1-6H3. The molecule has 0 unspecified atom stereocenters. The second-order valence-electron chi connectivity index (χ2n) is 9.58. The van der Waals surface area contributed by atoms with Gasteiger partial charge in [-0.15, -0.1) is 0 Å². The third-order valence-electron chi connectivity index (χ3n) is 6.54. The second-order valence-corrected chi connectivity index (χ2v) is 9.58. The monoisotopic (exact) mass is 440 g/mol. The number of aryl methyl sites for hydroxylation is 1. The predicted molar refractivity (Wildman–Crippen MR) is 135 cm³/mol. The largest absolute Gasteiger partial charge is 0.507 e. The summed E-state index contributed by atoms with van der Waals surface area (Å²) in [5.74, 6) is 1.92. The minimum Gasteiger partial charge on any atom is -0.507 e. The maximum atomic E-state index is 13.8. The van der Waals surface area contributed by atoms with Gasteiger partial charge in [-0.3, -0.25) is 4.79 Å². The third kappa shape index (κ3) is 4.32. The van der Waals surface area contributed by atoms with Crippen LogP contribution < -0.4 is 0 Å². The van der Waals surface area contributed by atoms with Gasteiger partial charge in [0.2, 0.25) is 0 Å². The van der Waals surface area contributed by atoms with E-state index in [9.17, 15) is 9.90 Å². The number of hydrogen-bond acceptors (Lipinski definition) is 3. The van der Waals surface area contributed by atoms with Crippen molar-refractivity contribution in [3.8, 4) is 5.75 Å². The molecule has 0 aliphatic carbocycles. The van der Waals surface area contributed by atoms with Crippen LogP contribution in [0.2, 0.25) is 0 Å². The van der Waals surface area contributed by atoms with E-state index in [1.807, 2.05) is 65.8 Å². The van der Waals surface area contributed by atoms with Gasteiger partial charge < -0.3 is 9.52 Å². The van der Waals surface area contributed by atoms with Crippen LogP contribution in [0.15, 0.2) is 59.0 Å². The Kier molecular flexibility index (Phi) is 6.16. The molecule has 3 heteroatoms. The molecule has 3 aromatic carbocycles. The number of phenolic OH excluding ortho intramolecular Hbond substituents is 1. The summed E-state index contributed by atoms with van der Waals surface area (Å²) in [5.41, 5.74) is 4.82. The highest BCUT2D eigenvalue weighted by Crippen LogP contribution is 2.36. The molecule has 170 valence electrons. The van der Waals surface area contributed by atoms with Crippen LogP contribution in [0.1, 0.15) is 89.2 Å². The van der Waals surface area contributed by atoms with Gasteiger partial charge >= 0.3 is 0 Å². The number of fused-ring (bicyclic) bond motifs is 1. The summed E-state index contributed by atoms with van der Waals surface area (Å²) < 4.78 is 6.11. The van der Waals surface area contributed by atoms with Crippen molar-refractivity contribution in [2.45, 2.75) is 59.8 Å². The molecule has 0 atom stereocenters. The molecule has 0 spiro atoms. The lowest BCUT2D eigenvalue weighted by atomic mass is 9.88. The average molecular weight is 441 g/mol. The Hall–Kier alpha value is -3.33. The van der Waals surface area contributed by atoms with Crippen molar-refractivity contribution in [2.24, 2.45) is 0 Å². The van der Waals surface area contributed by atoms with Gasteiger partial charge in [0.25, 0.3) is 0 Å². The van der Waals surface area contributed by atoms with Gasteiger partial charge in [0, 0.05) is 17.5 Å². The molecule has 0 aliphatic rings. The van der Waals surface area contributed by atoms with Crippen LogP contribution in [-0.2, 0) is 6.42 Å².